The second kappa shape index (κ2) is 20.0. The number of carboxylic acid groups (broad SMARTS) is 2. The molecular weight excluding hydrogens is 240 g/mol. The maximum absolute atomic E-state index is 9.34. The average molecular weight is 256 g/mol. The molecule has 0 bridgehead atoms. The molecule has 0 unspecified atom stereocenters. The zero-order chi connectivity index (χ0) is 10.3. The smallest absolute Gasteiger partial charge is 0.547 e. The van der Waals surface area contributed by atoms with E-state index in [-0.39, 0.29) is 39.5 Å². The molecule has 0 rings (SSSR count). The van der Waals surface area contributed by atoms with Crippen LogP contribution in [0, 0.1) is 0 Å². The van der Waals surface area contributed by atoms with Gasteiger partial charge in [-0.1, -0.05) is 0 Å². The summed E-state index contributed by atoms with van der Waals surface area (Å²) in [6.07, 6.45) is -2.69. The molecule has 0 aromatic rings. The number of carbonyl (C=O) groups excluding carboxylic acids is 2. The minimum Gasteiger partial charge on any atom is -0.547 e. The molecule has 10 heteroatoms. The van der Waals surface area contributed by atoms with E-state index in [2.05, 4.69) is 0 Å². The molecule has 96 valence electrons. The molecule has 16 heavy (non-hydrogen) atoms. The Balaban J connectivity index is -0.0000000250. The van der Waals surface area contributed by atoms with Gasteiger partial charge < -0.3 is 46.4 Å². The molecule has 0 saturated carbocycles. The van der Waals surface area contributed by atoms with Gasteiger partial charge in [0, 0.05) is 0 Å². The van der Waals surface area contributed by atoms with E-state index in [1.54, 1.807) is 0 Å². The largest absolute Gasteiger partial charge is 2.00 e. The first-order valence-electron chi connectivity index (χ1n) is 3.06. The number of hydrogen-bond donors (Lipinski definition) is 2. The van der Waals surface area contributed by atoms with Gasteiger partial charge in [0.2, 0.25) is 0 Å². The van der Waals surface area contributed by atoms with Crippen molar-refractivity contribution in [3.05, 3.63) is 0 Å². The van der Waals surface area contributed by atoms with Gasteiger partial charge in [-0.05, 0) is 13.8 Å². The van der Waals surface area contributed by atoms with Gasteiger partial charge in [0.05, 0.1) is 24.1 Å². The number of aliphatic hydroxyl groups excluding tert-OH is 2. The summed E-state index contributed by atoms with van der Waals surface area (Å²) in [4.78, 5) is 18.7. The van der Waals surface area contributed by atoms with Gasteiger partial charge in [0.1, 0.15) is 0 Å². The fourth-order valence-electron chi connectivity index (χ4n) is 0. The summed E-state index contributed by atoms with van der Waals surface area (Å²) in [6.45, 7) is 2.27. The predicted molar refractivity (Wildman–Crippen MR) is 50.0 cm³/mol. The SMILES string of the molecule is C[C@H](O)C(=O)[O-].C[C@H](O)C(=O)[O-].O.O.O.[Mg+2]. The Kier molecular flexibility index (Phi) is 45.1. The van der Waals surface area contributed by atoms with Crippen molar-refractivity contribution in [3.8, 4) is 0 Å². The zero-order valence-electron chi connectivity index (χ0n) is 8.89. The van der Waals surface area contributed by atoms with Crippen molar-refractivity contribution in [3.63, 3.8) is 0 Å². The molecule has 2 atom stereocenters. The second-order valence-electron chi connectivity index (χ2n) is 1.99. The third kappa shape index (κ3) is 37.5. The molecule has 0 spiro atoms. The van der Waals surface area contributed by atoms with Gasteiger partial charge in [-0.15, -0.1) is 0 Å². The second-order valence-corrected chi connectivity index (χ2v) is 1.99. The fourth-order valence-corrected chi connectivity index (χ4v) is 0. The van der Waals surface area contributed by atoms with Gasteiger partial charge in [0.15, 0.2) is 0 Å². The van der Waals surface area contributed by atoms with Crippen LogP contribution in [0.25, 0.3) is 0 Å². The normalized spacial score (nSPS) is 10.2. The molecule has 0 amide bonds. The van der Waals surface area contributed by atoms with Crippen LogP contribution >= 0.6 is 0 Å². The average Bonchev–Trinajstić information content (AvgIpc) is 1.88. The third-order valence-corrected chi connectivity index (χ3v) is 0.682. The Morgan fingerprint density at radius 2 is 0.938 bits per heavy atom. The Bertz CT molecular complexity index is 140. The molecule has 0 radical (unpaired) electrons. The van der Waals surface area contributed by atoms with Gasteiger partial charge >= 0.3 is 23.1 Å². The van der Waals surface area contributed by atoms with E-state index < -0.39 is 24.1 Å². The van der Waals surface area contributed by atoms with Crippen LogP contribution in [0.4, 0.5) is 0 Å². The van der Waals surface area contributed by atoms with Crippen molar-refractivity contribution in [2.75, 3.05) is 0 Å². The summed E-state index contributed by atoms with van der Waals surface area (Å²) in [7, 11) is 0. The Labute approximate surface area is 108 Å². The van der Waals surface area contributed by atoms with E-state index in [0.717, 1.165) is 13.8 Å². The van der Waals surface area contributed by atoms with Crippen LogP contribution in [0.2, 0.25) is 0 Å². The third-order valence-electron chi connectivity index (χ3n) is 0.682. The minimum absolute atomic E-state index is 0. The first-order valence-corrected chi connectivity index (χ1v) is 3.06. The molecule has 0 aromatic heterocycles. The Hall–Kier alpha value is -0.494. The van der Waals surface area contributed by atoms with Crippen molar-refractivity contribution >= 4 is 35.0 Å². The van der Waals surface area contributed by atoms with Crippen LogP contribution in [-0.2, 0) is 9.59 Å². The molecule has 0 saturated heterocycles. The number of aliphatic hydroxyl groups is 2. The first-order chi connectivity index (χ1) is 5.29. The summed E-state index contributed by atoms with van der Waals surface area (Å²) in [6, 6.07) is 0. The topological polar surface area (TPSA) is 215 Å². The van der Waals surface area contributed by atoms with Crippen LogP contribution in [0.5, 0.6) is 0 Å². The summed E-state index contributed by atoms with van der Waals surface area (Å²) in [5.74, 6) is -2.87. The van der Waals surface area contributed by atoms with Gasteiger partial charge in [-0.3, -0.25) is 0 Å². The standard InChI is InChI=1S/2C3H6O3.Mg.3H2O/c2*1-2(4)3(5)6;;;;/h2*2,4H,1H3,(H,5,6);;3*1H2/q;;+2;;;/p-2/t2*2-;;;;/m00..../s1. The van der Waals surface area contributed by atoms with Crippen LogP contribution in [0.3, 0.4) is 0 Å². The van der Waals surface area contributed by atoms with E-state index in [1.807, 2.05) is 0 Å². The predicted octanol–water partition coefficient (Wildman–Crippen LogP) is -6.62. The van der Waals surface area contributed by atoms with Gasteiger partial charge in [-0.2, -0.15) is 0 Å². The molecule has 0 fully saturated rings. The molecule has 0 heterocycles. The number of hydrogen-bond acceptors (Lipinski definition) is 6. The monoisotopic (exact) mass is 256 g/mol. The maximum atomic E-state index is 9.34. The Morgan fingerprint density at radius 1 is 0.875 bits per heavy atom. The molecule has 0 aliphatic rings. The summed E-state index contributed by atoms with van der Waals surface area (Å²) < 4.78 is 0. The molecule has 0 aliphatic heterocycles. The van der Waals surface area contributed by atoms with E-state index in [1.165, 1.54) is 0 Å². The molecule has 0 aromatic carbocycles. The van der Waals surface area contributed by atoms with Crippen molar-refractivity contribution in [1.82, 2.24) is 0 Å². The maximum Gasteiger partial charge on any atom is 2.00 e. The Morgan fingerprint density at radius 3 is 0.938 bits per heavy atom. The molecule has 9 nitrogen and oxygen atoms in total. The van der Waals surface area contributed by atoms with E-state index in [9.17, 15) is 19.8 Å². The van der Waals surface area contributed by atoms with Crippen molar-refractivity contribution < 1.29 is 46.4 Å². The van der Waals surface area contributed by atoms with Gasteiger partial charge in [-0.25, -0.2) is 0 Å². The van der Waals surface area contributed by atoms with Crippen molar-refractivity contribution in [1.29, 1.82) is 0 Å². The molecular formula is C6H16MgO9. The van der Waals surface area contributed by atoms with Crippen LogP contribution in [-0.4, -0.2) is 73.8 Å². The quantitative estimate of drug-likeness (QED) is 0.457. The number of aliphatic carboxylic acids is 2. The number of carboxylic acids is 2. The molecule has 8 N–H and O–H groups in total. The van der Waals surface area contributed by atoms with Crippen LogP contribution in [0.15, 0.2) is 0 Å². The fraction of sp³-hybridized carbons (Fsp3) is 0.667. The van der Waals surface area contributed by atoms with E-state index in [0.29, 0.717) is 0 Å². The van der Waals surface area contributed by atoms with E-state index in [4.69, 9.17) is 10.2 Å². The first kappa shape index (κ1) is 36.1. The molecule has 0 aliphatic carbocycles. The summed E-state index contributed by atoms with van der Waals surface area (Å²) in [5, 5.41) is 34.6. The van der Waals surface area contributed by atoms with Crippen molar-refractivity contribution in [2.45, 2.75) is 26.1 Å². The summed E-state index contributed by atoms with van der Waals surface area (Å²) >= 11 is 0. The van der Waals surface area contributed by atoms with E-state index >= 15 is 0 Å². The van der Waals surface area contributed by atoms with Crippen molar-refractivity contribution in [2.24, 2.45) is 0 Å². The van der Waals surface area contributed by atoms with Crippen LogP contribution in [0.1, 0.15) is 13.8 Å². The minimum atomic E-state index is -1.44. The van der Waals surface area contributed by atoms with Crippen LogP contribution < -0.4 is 10.2 Å². The zero-order valence-corrected chi connectivity index (χ0v) is 10.3. The number of carbonyl (C=O) groups is 2. The number of rotatable bonds is 2. The van der Waals surface area contributed by atoms with Gasteiger partial charge in [0.25, 0.3) is 0 Å². The summed E-state index contributed by atoms with van der Waals surface area (Å²) in [5.41, 5.74) is 0.